The highest BCUT2D eigenvalue weighted by Crippen LogP contribution is 2.31. The van der Waals surface area contributed by atoms with Crippen LogP contribution in [0, 0.1) is 0 Å². The van der Waals surface area contributed by atoms with Gasteiger partial charge in [-0.15, -0.1) is 5.10 Å². The fourth-order valence-electron chi connectivity index (χ4n) is 3.48. The molecule has 0 aliphatic carbocycles. The van der Waals surface area contributed by atoms with Crippen molar-refractivity contribution in [1.82, 2.24) is 15.0 Å². The molecule has 32 heavy (non-hydrogen) atoms. The summed E-state index contributed by atoms with van der Waals surface area (Å²) in [7, 11) is 0. The van der Waals surface area contributed by atoms with Crippen molar-refractivity contribution >= 4 is 34.9 Å². The van der Waals surface area contributed by atoms with Gasteiger partial charge in [-0.2, -0.15) is 0 Å². The Morgan fingerprint density at radius 1 is 0.844 bits per heavy atom. The van der Waals surface area contributed by atoms with E-state index in [0.717, 1.165) is 20.8 Å². The first-order chi connectivity index (χ1) is 15.2. The number of benzene rings is 1. The number of fused-ring (bicyclic) bond motifs is 1. The maximum absolute atomic E-state index is 11.8. The Bertz CT molecular complexity index is 1020. The maximum Gasteiger partial charge on any atom is 0.305 e. The molecule has 2 aromatic rings. The molecule has 1 aliphatic heterocycles. The minimum Gasteiger partial charge on any atom is -0.456 e. The molecule has 172 valence electrons. The van der Waals surface area contributed by atoms with Gasteiger partial charge >= 0.3 is 23.9 Å². The predicted octanol–water partition coefficient (Wildman–Crippen LogP) is 0.514. The summed E-state index contributed by atoms with van der Waals surface area (Å²) in [4.78, 5) is 47.0. The number of para-hydroxylation sites is 1. The van der Waals surface area contributed by atoms with Crippen LogP contribution in [0.3, 0.4) is 0 Å². The summed E-state index contributed by atoms with van der Waals surface area (Å²) in [5, 5.41) is 8.16. The maximum atomic E-state index is 11.8. The van der Waals surface area contributed by atoms with Crippen molar-refractivity contribution < 1.29 is 42.9 Å². The van der Waals surface area contributed by atoms with Crippen LogP contribution in [0.1, 0.15) is 27.7 Å². The zero-order valence-corrected chi connectivity index (χ0v) is 17.9. The molecule has 0 bridgehead atoms. The molecule has 1 fully saturated rings. The average Bonchev–Trinajstić information content (AvgIpc) is 3.09. The molecule has 0 radical (unpaired) electrons. The number of hydrogen-bond donors (Lipinski definition) is 0. The Labute approximate surface area is 182 Å². The van der Waals surface area contributed by atoms with Crippen LogP contribution >= 0.6 is 0 Å². The van der Waals surface area contributed by atoms with Crippen molar-refractivity contribution in [3.8, 4) is 0 Å². The standard InChI is InChI=1S/C20H23N3O9/c1-10(24)28-17-16(9-23-15-8-6-5-7-14(15)21-22-23)32-20(31-13(4)27)19(30-12(3)26)18(17)29-11(2)25/h5-8,16-20H,9H2,1-4H3/t16-,17-,18+,19-,20+/m1/s1. The molecule has 0 amide bonds. The molecule has 12 heteroatoms. The first kappa shape index (κ1) is 23.1. The largest absolute Gasteiger partial charge is 0.456 e. The minimum atomic E-state index is -1.42. The number of hydrogen-bond acceptors (Lipinski definition) is 11. The predicted molar refractivity (Wildman–Crippen MR) is 105 cm³/mol. The molecule has 0 spiro atoms. The molecule has 0 saturated carbocycles. The number of carbonyl (C=O) groups is 4. The Hall–Kier alpha value is -3.54. The zero-order valence-electron chi connectivity index (χ0n) is 17.9. The van der Waals surface area contributed by atoms with Crippen molar-refractivity contribution in [2.24, 2.45) is 0 Å². The molecule has 12 nitrogen and oxygen atoms in total. The van der Waals surface area contributed by atoms with Crippen LogP contribution in [0.5, 0.6) is 0 Å². The van der Waals surface area contributed by atoms with E-state index >= 15 is 0 Å². The smallest absolute Gasteiger partial charge is 0.305 e. The van der Waals surface area contributed by atoms with Crippen LogP contribution in [0.2, 0.25) is 0 Å². The zero-order chi connectivity index (χ0) is 23.4. The monoisotopic (exact) mass is 449 g/mol. The summed E-state index contributed by atoms with van der Waals surface area (Å²) < 4.78 is 28.6. The van der Waals surface area contributed by atoms with Crippen LogP contribution in [0.4, 0.5) is 0 Å². The van der Waals surface area contributed by atoms with E-state index in [1.807, 2.05) is 0 Å². The van der Waals surface area contributed by atoms with Crippen molar-refractivity contribution in [2.75, 3.05) is 0 Å². The SMILES string of the molecule is CC(=O)O[C@H]1O[C@H](Cn2nnc3ccccc32)[C@@H](OC(C)=O)[C@H](OC(C)=O)[C@H]1OC(C)=O. The number of nitrogens with zero attached hydrogens (tertiary/aromatic N) is 3. The van der Waals surface area contributed by atoms with Gasteiger partial charge in [-0.25, -0.2) is 4.68 Å². The molecular formula is C20H23N3O9. The second-order valence-corrected chi connectivity index (χ2v) is 7.13. The van der Waals surface area contributed by atoms with Crippen LogP contribution in [-0.2, 0) is 49.4 Å². The summed E-state index contributed by atoms with van der Waals surface area (Å²) >= 11 is 0. The topological polar surface area (TPSA) is 145 Å². The van der Waals surface area contributed by atoms with Crippen LogP contribution in [-0.4, -0.2) is 69.6 Å². The van der Waals surface area contributed by atoms with Crippen molar-refractivity contribution in [3.63, 3.8) is 0 Å². The van der Waals surface area contributed by atoms with Crippen molar-refractivity contribution in [1.29, 1.82) is 0 Å². The van der Waals surface area contributed by atoms with Gasteiger partial charge in [0, 0.05) is 27.7 Å². The lowest BCUT2D eigenvalue weighted by Crippen LogP contribution is -2.62. The fraction of sp³-hybridized carbons (Fsp3) is 0.500. The van der Waals surface area contributed by atoms with Gasteiger partial charge in [0.05, 0.1) is 12.1 Å². The lowest BCUT2D eigenvalue weighted by atomic mass is 9.97. The third-order valence-corrected chi connectivity index (χ3v) is 4.55. The molecule has 1 aromatic carbocycles. The summed E-state index contributed by atoms with van der Waals surface area (Å²) in [6.45, 7) is 4.59. The summed E-state index contributed by atoms with van der Waals surface area (Å²) in [6.07, 6.45) is -6.29. The quantitative estimate of drug-likeness (QED) is 0.449. The minimum absolute atomic E-state index is 0.000775. The summed E-state index contributed by atoms with van der Waals surface area (Å²) in [5.41, 5.74) is 1.30. The Morgan fingerprint density at radius 2 is 1.41 bits per heavy atom. The summed E-state index contributed by atoms with van der Waals surface area (Å²) in [5.74, 6) is -2.87. The Kier molecular flexibility index (Phi) is 7.03. The first-order valence-electron chi connectivity index (χ1n) is 9.78. The molecule has 0 unspecified atom stereocenters. The van der Waals surface area contributed by atoms with Gasteiger partial charge in [-0.1, -0.05) is 17.3 Å². The van der Waals surface area contributed by atoms with E-state index in [2.05, 4.69) is 10.3 Å². The van der Waals surface area contributed by atoms with E-state index in [1.54, 1.807) is 24.3 Å². The van der Waals surface area contributed by atoms with Crippen molar-refractivity contribution in [2.45, 2.75) is 64.9 Å². The Morgan fingerprint density at radius 3 is 2.03 bits per heavy atom. The van der Waals surface area contributed by atoms with Crippen LogP contribution < -0.4 is 0 Å². The van der Waals surface area contributed by atoms with Gasteiger partial charge in [-0.05, 0) is 12.1 Å². The van der Waals surface area contributed by atoms with E-state index in [9.17, 15) is 19.2 Å². The first-order valence-corrected chi connectivity index (χ1v) is 9.78. The van der Waals surface area contributed by atoms with Crippen LogP contribution in [0.15, 0.2) is 24.3 Å². The van der Waals surface area contributed by atoms with Gasteiger partial charge in [-0.3, -0.25) is 19.2 Å². The van der Waals surface area contributed by atoms with Gasteiger partial charge < -0.3 is 23.7 Å². The van der Waals surface area contributed by atoms with E-state index in [4.69, 9.17) is 23.7 Å². The third kappa shape index (κ3) is 5.38. The van der Waals surface area contributed by atoms with Crippen molar-refractivity contribution in [3.05, 3.63) is 24.3 Å². The number of aromatic nitrogens is 3. The molecule has 3 rings (SSSR count). The number of carbonyl (C=O) groups excluding carboxylic acids is 4. The third-order valence-electron chi connectivity index (χ3n) is 4.55. The second-order valence-electron chi connectivity index (χ2n) is 7.13. The number of rotatable bonds is 6. The average molecular weight is 449 g/mol. The van der Waals surface area contributed by atoms with E-state index in [0.29, 0.717) is 11.0 Å². The van der Waals surface area contributed by atoms with E-state index in [1.165, 1.54) is 11.6 Å². The molecule has 5 atom stereocenters. The number of ether oxygens (including phenoxy) is 5. The van der Waals surface area contributed by atoms with Gasteiger partial charge in [0.15, 0.2) is 12.2 Å². The molecule has 1 saturated heterocycles. The highest BCUT2D eigenvalue weighted by atomic mass is 16.7. The van der Waals surface area contributed by atoms with E-state index < -0.39 is 54.6 Å². The normalized spacial score (nSPS) is 25.1. The van der Waals surface area contributed by atoms with Gasteiger partial charge in [0.25, 0.3) is 0 Å². The highest BCUT2D eigenvalue weighted by molar-refractivity contribution is 5.74. The molecule has 1 aliphatic rings. The molecule has 1 aromatic heterocycles. The fourth-order valence-corrected chi connectivity index (χ4v) is 3.48. The summed E-state index contributed by atoms with van der Waals surface area (Å²) in [6, 6.07) is 7.16. The lowest BCUT2D eigenvalue weighted by molar-refractivity contribution is -0.297. The van der Waals surface area contributed by atoms with Crippen LogP contribution in [0.25, 0.3) is 11.0 Å². The number of esters is 4. The van der Waals surface area contributed by atoms with Gasteiger partial charge in [0.2, 0.25) is 12.4 Å². The van der Waals surface area contributed by atoms with E-state index in [-0.39, 0.29) is 6.54 Å². The Balaban J connectivity index is 2.02. The lowest BCUT2D eigenvalue weighted by Gasteiger charge is -2.43. The molecule has 0 N–H and O–H groups in total. The van der Waals surface area contributed by atoms with Gasteiger partial charge in [0.1, 0.15) is 11.6 Å². The highest BCUT2D eigenvalue weighted by Gasteiger charge is 2.53. The second kappa shape index (κ2) is 9.73. The molecular weight excluding hydrogens is 426 g/mol. The molecule has 2 heterocycles.